The Morgan fingerprint density at radius 1 is 1.04 bits per heavy atom. The number of aromatic nitrogens is 1. The van der Waals surface area contributed by atoms with Gasteiger partial charge < -0.3 is 10.2 Å². The SMILES string of the molecule is Cc1ccc2c(N3CCC(=O)NC3=O)cncc2c1N1CCNCC1. The molecule has 7 nitrogen and oxygen atoms in total. The van der Waals surface area contributed by atoms with Crippen LogP contribution in [0.2, 0.25) is 0 Å². The monoisotopic (exact) mass is 339 g/mol. The van der Waals surface area contributed by atoms with Gasteiger partial charge in [-0.25, -0.2) is 4.79 Å². The van der Waals surface area contributed by atoms with Crippen LogP contribution in [0.25, 0.3) is 10.8 Å². The minimum atomic E-state index is -0.380. The molecule has 4 rings (SSSR count). The normalized spacial score (nSPS) is 18.6. The fourth-order valence-electron chi connectivity index (χ4n) is 3.64. The lowest BCUT2D eigenvalue weighted by molar-refractivity contribution is -0.120. The van der Waals surface area contributed by atoms with Crippen LogP contribution in [-0.4, -0.2) is 49.6 Å². The van der Waals surface area contributed by atoms with Crippen molar-refractivity contribution in [2.24, 2.45) is 0 Å². The second kappa shape index (κ2) is 6.33. The van der Waals surface area contributed by atoms with Crippen molar-refractivity contribution in [3.05, 3.63) is 30.1 Å². The number of hydrogen-bond donors (Lipinski definition) is 2. The molecule has 0 aliphatic carbocycles. The van der Waals surface area contributed by atoms with Crippen LogP contribution in [0.4, 0.5) is 16.2 Å². The number of hydrogen-bond acceptors (Lipinski definition) is 5. The first-order valence-electron chi connectivity index (χ1n) is 8.59. The van der Waals surface area contributed by atoms with E-state index in [1.807, 2.05) is 12.3 Å². The fourth-order valence-corrected chi connectivity index (χ4v) is 3.64. The number of pyridine rings is 1. The standard InChI is InChI=1S/C18H21N5O2/c1-12-2-3-13-14(17(12)22-8-5-19-6-9-22)10-20-11-15(13)23-7-4-16(24)21-18(23)25/h2-3,10-11,19H,4-9H2,1H3,(H,21,24,25). The molecule has 0 bridgehead atoms. The van der Waals surface area contributed by atoms with Crippen LogP contribution in [0, 0.1) is 6.92 Å². The summed E-state index contributed by atoms with van der Waals surface area (Å²) in [6, 6.07) is 3.75. The summed E-state index contributed by atoms with van der Waals surface area (Å²) < 4.78 is 0. The van der Waals surface area contributed by atoms with Crippen LogP contribution in [0.15, 0.2) is 24.5 Å². The van der Waals surface area contributed by atoms with E-state index in [4.69, 9.17) is 0 Å². The van der Waals surface area contributed by atoms with Gasteiger partial charge in [-0.05, 0) is 12.5 Å². The number of benzene rings is 1. The molecule has 2 aliphatic rings. The highest BCUT2D eigenvalue weighted by Gasteiger charge is 2.26. The van der Waals surface area contributed by atoms with E-state index in [1.165, 1.54) is 11.3 Å². The van der Waals surface area contributed by atoms with Crippen molar-refractivity contribution in [3.8, 4) is 0 Å². The highest BCUT2D eigenvalue weighted by atomic mass is 16.2. The average molecular weight is 339 g/mol. The molecule has 0 saturated carbocycles. The molecular formula is C18H21N5O2. The summed E-state index contributed by atoms with van der Waals surface area (Å²) in [6.45, 7) is 6.29. The maximum Gasteiger partial charge on any atom is 0.328 e. The first-order chi connectivity index (χ1) is 12.1. The number of nitrogens with one attached hydrogen (secondary N) is 2. The van der Waals surface area contributed by atoms with Crippen LogP contribution in [0.3, 0.4) is 0 Å². The second-order valence-corrected chi connectivity index (χ2v) is 6.48. The molecule has 130 valence electrons. The predicted molar refractivity (Wildman–Crippen MR) is 97.1 cm³/mol. The molecule has 0 unspecified atom stereocenters. The van der Waals surface area contributed by atoms with Crippen molar-refractivity contribution in [2.75, 3.05) is 42.5 Å². The quantitative estimate of drug-likeness (QED) is 0.865. The number of fused-ring (bicyclic) bond motifs is 1. The number of nitrogens with zero attached hydrogens (tertiary/aromatic N) is 3. The molecule has 25 heavy (non-hydrogen) atoms. The zero-order chi connectivity index (χ0) is 17.4. The van der Waals surface area contributed by atoms with Crippen LogP contribution in [-0.2, 0) is 4.79 Å². The molecule has 0 atom stereocenters. The Bertz CT molecular complexity index is 845. The van der Waals surface area contributed by atoms with E-state index in [0.29, 0.717) is 13.0 Å². The molecule has 1 aromatic carbocycles. The summed E-state index contributed by atoms with van der Waals surface area (Å²) in [7, 11) is 0. The molecule has 2 saturated heterocycles. The minimum absolute atomic E-state index is 0.230. The lowest BCUT2D eigenvalue weighted by atomic mass is 10.0. The van der Waals surface area contributed by atoms with Crippen molar-refractivity contribution in [2.45, 2.75) is 13.3 Å². The Morgan fingerprint density at radius 3 is 2.60 bits per heavy atom. The molecule has 2 aliphatic heterocycles. The Morgan fingerprint density at radius 2 is 1.84 bits per heavy atom. The summed E-state index contributed by atoms with van der Waals surface area (Å²) in [5, 5.41) is 7.79. The van der Waals surface area contributed by atoms with Crippen molar-refractivity contribution < 1.29 is 9.59 Å². The molecule has 2 N–H and O–H groups in total. The van der Waals surface area contributed by atoms with E-state index in [0.717, 1.165) is 42.6 Å². The highest BCUT2D eigenvalue weighted by Crippen LogP contribution is 2.35. The van der Waals surface area contributed by atoms with E-state index < -0.39 is 0 Å². The molecule has 2 fully saturated rings. The zero-order valence-electron chi connectivity index (χ0n) is 14.2. The van der Waals surface area contributed by atoms with Gasteiger partial charge in [0.25, 0.3) is 0 Å². The number of piperazine rings is 1. The highest BCUT2D eigenvalue weighted by molar-refractivity contribution is 6.11. The number of aryl methyl sites for hydroxylation is 1. The number of rotatable bonds is 2. The Balaban J connectivity index is 1.82. The predicted octanol–water partition coefficient (Wildman–Crippen LogP) is 1.40. The Kier molecular flexibility index (Phi) is 4.01. The third-order valence-corrected chi connectivity index (χ3v) is 4.87. The topological polar surface area (TPSA) is 77.6 Å². The maximum atomic E-state index is 12.2. The molecular weight excluding hydrogens is 318 g/mol. The van der Waals surface area contributed by atoms with Gasteiger partial charge in [0, 0.05) is 61.8 Å². The van der Waals surface area contributed by atoms with Gasteiger partial charge >= 0.3 is 6.03 Å². The summed E-state index contributed by atoms with van der Waals surface area (Å²) in [6.07, 6.45) is 3.88. The van der Waals surface area contributed by atoms with Crippen LogP contribution >= 0.6 is 0 Å². The van der Waals surface area contributed by atoms with E-state index in [2.05, 4.69) is 33.5 Å². The number of imide groups is 1. The van der Waals surface area contributed by atoms with Crippen molar-refractivity contribution in [1.82, 2.24) is 15.6 Å². The van der Waals surface area contributed by atoms with Crippen LogP contribution in [0.5, 0.6) is 0 Å². The summed E-state index contributed by atoms with van der Waals surface area (Å²) in [5.74, 6) is -0.230. The third-order valence-electron chi connectivity index (χ3n) is 4.87. The van der Waals surface area contributed by atoms with Crippen molar-refractivity contribution in [3.63, 3.8) is 0 Å². The number of amides is 3. The van der Waals surface area contributed by atoms with Gasteiger partial charge in [-0.15, -0.1) is 0 Å². The van der Waals surface area contributed by atoms with Gasteiger partial charge in [0.15, 0.2) is 0 Å². The van der Waals surface area contributed by atoms with E-state index in [-0.39, 0.29) is 11.9 Å². The molecule has 1 aromatic heterocycles. The number of carbonyl (C=O) groups is 2. The molecule has 3 heterocycles. The molecule has 2 aromatic rings. The smallest absolute Gasteiger partial charge is 0.328 e. The fraction of sp³-hybridized carbons (Fsp3) is 0.389. The van der Waals surface area contributed by atoms with E-state index >= 15 is 0 Å². The molecule has 0 spiro atoms. The van der Waals surface area contributed by atoms with Crippen LogP contribution in [0.1, 0.15) is 12.0 Å². The average Bonchev–Trinajstić information content (AvgIpc) is 2.62. The van der Waals surface area contributed by atoms with E-state index in [9.17, 15) is 9.59 Å². The number of urea groups is 1. The minimum Gasteiger partial charge on any atom is -0.368 e. The summed E-state index contributed by atoms with van der Waals surface area (Å²) in [4.78, 5) is 32.1. The van der Waals surface area contributed by atoms with Gasteiger partial charge in [0.2, 0.25) is 5.91 Å². The van der Waals surface area contributed by atoms with Crippen LogP contribution < -0.4 is 20.4 Å². The summed E-state index contributed by atoms with van der Waals surface area (Å²) in [5.41, 5.74) is 3.13. The van der Waals surface area contributed by atoms with Gasteiger partial charge in [0.1, 0.15) is 0 Å². The second-order valence-electron chi connectivity index (χ2n) is 6.48. The van der Waals surface area contributed by atoms with Gasteiger partial charge in [-0.2, -0.15) is 0 Å². The number of anilines is 2. The van der Waals surface area contributed by atoms with Crippen molar-refractivity contribution in [1.29, 1.82) is 0 Å². The maximum absolute atomic E-state index is 12.2. The Labute approximate surface area is 146 Å². The molecule has 0 radical (unpaired) electrons. The van der Waals surface area contributed by atoms with Crippen molar-refractivity contribution >= 4 is 34.1 Å². The van der Waals surface area contributed by atoms with Gasteiger partial charge in [-0.1, -0.05) is 12.1 Å². The molecule has 7 heteroatoms. The largest absolute Gasteiger partial charge is 0.368 e. The Hall–Kier alpha value is -2.67. The van der Waals surface area contributed by atoms with Gasteiger partial charge in [0.05, 0.1) is 11.9 Å². The van der Waals surface area contributed by atoms with E-state index in [1.54, 1.807) is 11.1 Å². The first-order valence-corrected chi connectivity index (χ1v) is 8.59. The zero-order valence-corrected chi connectivity index (χ0v) is 14.2. The summed E-state index contributed by atoms with van der Waals surface area (Å²) >= 11 is 0. The third kappa shape index (κ3) is 2.80. The first kappa shape index (κ1) is 15.8. The lowest BCUT2D eigenvalue weighted by Crippen LogP contribution is -2.49. The molecule has 3 amide bonds. The lowest BCUT2D eigenvalue weighted by Gasteiger charge is -2.32. The van der Waals surface area contributed by atoms with Gasteiger partial charge in [-0.3, -0.25) is 20.0 Å². The number of carbonyl (C=O) groups excluding carboxylic acids is 2.